The number of hydrogen-bond acceptors (Lipinski definition) is 7. The van der Waals surface area contributed by atoms with Crippen molar-refractivity contribution < 1.29 is 19.1 Å². The highest BCUT2D eigenvalue weighted by Gasteiger charge is 2.23. The summed E-state index contributed by atoms with van der Waals surface area (Å²) in [5, 5.41) is 2.86. The van der Waals surface area contributed by atoms with Gasteiger partial charge < -0.3 is 24.4 Å². The van der Waals surface area contributed by atoms with Gasteiger partial charge in [-0.25, -0.2) is 14.8 Å². The van der Waals surface area contributed by atoms with Crippen LogP contribution in [0.5, 0.6) is 0 Å². The van der Waals surface area contributed by atoms with Gasteiger partial charge in [-0.3, -0.25) is 9.59 Å². The van der Waals surface area contributed by atoms with Crippen LogP contribution in [0.4, 0.5) is 11.5 Å². The van der Waals surface area contributed by atoms with Crippen molar-refractivity contribution in [2.75, 3.05) is 43.0 Å². The molecule has 10 nitrogen and oxygen atoms in total. The minimum Gasteiger partial charge on any atom is -0.462 e. The van der Waals surface area contributed by atoms with Crippen LogP contribution in [0.25, 0.3) is 0 Å². The van der Waals surface area contributed by atoms with E-state index in [2.05, 4.69) is 20.2 Å². The molecular weight excluding hydrogens is 448 g/mol. The smallest absolute Gasteiger partial charge is 0.339 e. The van der Waals surface area contributed by atoms with Gasteiger partial charge >= 0.3 is 5.97 Å². The van der Waals surface area contributed by atoms with Gasteiger partial charge in [-0.15, -0.1) is 0 Å². The number of carbonyl (C=O) groups is 3. The van der Waals surface area contributed by atoms with Crippen LogP contribution in [0, 0.1) is 0 Å². The maximum absolute atomic E-state index is 13.1. The number of esters is 1. The Labute approximate surface area is 203 Å². The summed E-state index contributed by atoms with van der Waals surface area (Å²) in [4.78, 5) is 49.4. The molecule has 3 aromatic rings. The second-order valence-electron chi connectivity index (χ2n) is 8.08. The molecule has 1 N–H and O–H groups in total. The van der Waals surface area contributed by atoms with Crippen LogP contribution in [0.2, 0.25) is 0 Å². The van der Waals surface area contributed by atoms with Gasteiger partial charge in [-0.1, -0.05) is 6.07 Å². The van der Waals surface area contributed by atoms with Crippen LogP contribution < -0.4 is 10.2 Å². The molecule has 10 heteroatoms. The van der Waals surface area contributed by atoms with Gasteiger partial charge in [0.05, 0.1) is 18.5 Å². The summed E-state index contributed by atoms with van der Waals surface area (Å²) in [6.07, 6.45) is 6.97. The lowest BCUT2D eigenvalue weighted by Crippen LogP contribution is -2.49. The van der Waals surface area contributed by atoms with Crippen molar-refractivity contribution in [3.05, 3.63) is 72.4 Å². The van der Waals surface area contributed by atoms with E-state index >= 15 is 0 Å². The lowest BCUT2D eigenvalue weighted by Gasteiger charge is -2.35. The average Bonchev–Trinajstić information content (AvgIpc) is 3.41. The zero-order valence-electron chi connectivity index (χ0n) is 19.6. The Balaban J connectivity index is 1.29. The number of hydrogen-bond donors (Lipinski definition) is 1. The summed E-state index contributed by atoms with van der Waals surface area (Å²) in [5.74, 6) is 0.160. The summed E-state index contributed by atoms with van der Waals surface area (Å²) in [6, 6.07) is 10.5. The molecule has 1 aliphatic heterocycles. The van der Waals surface area contributed by atoms with Gasteiger partial charge in [0.1, 0.15) is 5.82 Å². The molecule has 0 radical (unpaired) electrons. The maximum Gasteiger partial charge on any atom is 0.339 e. The van der Waals surface area contributed by atoms with Crippen molar-refractivity contribution in [1.29, 1.82) is 0 Å². The lowest BCUT2D eigenvalue weighted by atomic mass is 10.1. The average molecular weight is 477 g/mol. The van der Waals surface area contributed by atoms with Crippen molar-refractivity contribution in [3.8, 4) is 0 Å². The molecule has 0 aliphatic carbocycles. The predicted molar refractivity (Wildman–Crippen MR) is 130 cm³/mol. The lowest BCUT2D eigenvalue weighted by molar-refractivity contribution is -0.116. The third-order valence-corrected chi connectivity index (χ3v) is 5.70. The molecule has 35 heavy (non-hydrogen) atoms. The number of amides is 2. The molecule has 0 atom stereocenters. The number of carbonyl (C=O) groups excluding carboxylic acids is 3. The maximum atomic E-state index is 13.1. The molecule has 1 fully saturated rings. The van der Waals surface area contributed by atoms with Crippen LogP contribution in [0.3, 0.4) is 0 Å². The topological polar surface area (TPSA) is 110 Å². The first-order valence-corrected chi connectivity index (χ1v) is 11.6. The number of nitrogens with one attached hydrogen (secondary N) is 1. The SMILES string of the molecule is CCOC(=O)c1ccc(N2CCN(C(=O)c3cccc(NC(=O)CCn4ccnc4)c3)CC2)nc1. The van der Waals surface area contributed by atoms with E-state index in [1.54, 1.807) is 66.9 Å². The van der Waals surface area contributed by atoms with Crippen LogP contribution in [0.1, 0.15) is 34.1 Å². The number of ether oxygens (including phenoxy) is 1. The molecule has 2 amide bonds. The van der Waals surface area contributed by atoms with E-state index in [-0.39, 0.29) is 11.8 Å². The molecule has 0 saturated carbocycles. The van der Waals surface area contributed by atoms with Crippen LogP contribution in [-0.2, 0) is 16.1 Å². The molecule has 4 rings (SSSR count). The Morgan fingerprint density at radius 2 is 1.89 bits per heavy atom. The van der Waals surface area contributed by atoms with E-state index in [4.69, 9.17) is 4.74 Å². The van der Waals surface area contributed by atoms with Crippen molar-refractivity contribution >= 4 is 29.3 Å². The molecule has 0 bridgehead atoms. The van der Waals surface area contributed by atoms with Crippen LogP contribution in [-0.4, -0.2) is 70.0 Å². The Hall–Kier alpha value is -4.21. The van der Waals surface area contributed by atoms with Crippen molar-refractivity contribution in [2.24, 2.45) is 0 Å². The highest BCUT2D eigenvalue weighted by molar-refractivity contribution is 5.97. The van der Waals surface area contributed by atoms with Crippen LogP contribution >= 0.6 is 0 Å². The summed E-state index contributed by atoms with van der Waals surface area (Å²) < 4.78 is 6.83. The quantitative estimate of drug-likeness (QED) is 0.497. The predicted octanol–water partition coefficient (Wildman–Crippen LogP) is 2.45. The number of nitrogens with zero attached hydrogens (tertiary/aromatic N) is 5. The van der Waals surface area contributed by atoms with Crippen molar-refractivity contribution in [2.45, 2.75) is 19.9 Å². The van der Waals surface area contributed by atoms with Gasteiger partial charge in [-0.05, 0) is 37.3 Å². The van der Waals surface area contributed by atoms with E-state index in [0.717, 1.165) is 5.82 Å². The van der Waals surface area contributed by atoms with E-state index in [1.807, 2.05) is 4.57 Å². The number of piperazine rings is 1. The zero-order chi connectivity index (χ0) is 24.6. The second kappa shape index (κ2) is 11.3. The number of imidazole rings is 1. The van der Waals surface area contributed by atoms with E-state index < -0.39 is 5.97 Å². The van der Waals surface area contributed by atoms with E-state index in [0.29, 0.717) is 62.6 Å². The first kappa shape index (κ1) is 23.9. The Morgan fingerprint density at radius 1 is 1.06 bits per heavy atom. The number of pyridine rings is 1. The Morgan fingerprint density at radius 3 is 2.57 bits per heavy atom. The van der Waals surface area contributed by atoms with Gasteiger partial charge in [0, 0.05) is 69.0 Å². The summed E-state index contributed by atoms with van der Waals surface area (Å²) in [7, 11) is 0. The number of aromatic nitrogens is 3. The highest BCUT2D eigenvalue weighted by atomic mass is 16.5. The monoisotopic (exact) mass is 476 g/mol. The molecule has 3 heterocycles. The van der Waals surface area contributed by atoms with E-state index in [1.165, 1.54) is 6.20 Å². The third-order valence-electron chi connectivity index (χ3n) is 5.70. The second-order valence-corrected chi connectivity index (χ2v) is 8.08. The molecule has 0 unspecified atom stereocenters. The summed E-state index contributed by atoms with van der Waals surface area (Å²) in [6.45, 7) is 4.96. The summed E-state index contributed by atoms with van der Waals surface area (Å²) in [5.41, 5.74) is 1.54. The summed E-state index contributed by atoms with van der Waals surface area (Å²) >= 11 is 0. The van der Waals surface area contributed by atoms with Gasteiger partial charge in [-0.2, -0.15) is 0 Å². The van der Waals surface area contributed by atoms with E-state index in [9.17, 15) is 14.4 Å². The molecule has 1 saturated heterocycles. The van der Waals surface area contributed by atoms with Gasteiger partial charge in [0.15, 0.2) is 0 Å². The number of rotatable bonds is 8. The minimum atomic E-state index is -0.390. The number of benzene rings is 1. The van der Waals surface area contributed by atoms with Crippen LogP contribution in [0.15, 0.2) is 61.3 Å². The first-order chi connectivity index (χ1) is 17.0. The fourth-order valence-electron chi connectivity index (χ4n) is 3.83. The largest absolute Gasteiger partial charge is 0.462 e. The van der Waals surface area contributed by atoms with Crippen molar-refractivity contribution in [3.63, 3.8) is 0 Å². The Kier molecular flexibility index (Phi) is 7.71. The van der Waals surface area contributed by atoms with Gasteiger partial charge in [0.25, 0.3) is 5.91 Å². The molecule has 182 valence electrons. The molecule has 1 aliphatic rings. The number of aryl methyl sites for hydroxylation is 1. The highest BCUT2D eigenvalue weighted by Crippen LogP contribution is 2.18. The zero-order valence-corrected chi connectivity index (χ0v) is 19.6. The fourth-order valence-corrected chi connectivity index (χ4v) is 3.83. The first-order valence-electron chi connectivity index (χ1n) is 11.6. The molecule has 0 spiro atoms. The Bertz CT molecular complexity index is 1150. The normalized spacial score (nSPS) is 13.4. The standard InChI is InChI=1S/C25H28N6O4/c1-2-35-25(34)20-6-7-22(27-17-20)30-12-14-31(15-13-30)24(33)19-4-3-5-21(16-19)28-23(32)8-10-29-11-9-26-18-29/h3-7,9,11,16-18H,2,8,10,12-15H2,1H3,(H,28,32). The molecule has 1 aromatic carbocycles. The van der Waals surface area contributed by atoms with Crippen molar-refractivity contribution in [1.82, 2.24) is 19.4 Å². The third kappa shape index (κ3) is 6.23. The molecular formula is C25H28N6O4. The minimum absolute atomic E-state index is 0.0789. The molecule has 2 aromatic heterocycles. The van der Waals surface area contributed by atoms with Gasteiger partial charge in [0.2, 0.25) is 5.91 Å². The number of anilines is 2. The fraction of sp³-hybridized carbons (Fsp3) is 0.320.